The summed E-state index contributed by atoms with van der Waals surface area (Å²) in [5.41, 5.74) is 0. The molecule has 6 heavy (non-hydrogen) atoms. The summed E-state index contributed by atoms with van der Waals surface area (Å²) in [6, 6.07) is 0. The van der Waals surface area contributed by atoms with Crippen molar-refractivity contribution >= 4 is 59.2 Å². The number of rotatable bonds is 0. The molecule has 0 aromatic carbocycles. The molecule has 0 saturated carbocycles. The Bertz CT molecular complexity index is 100. The second kappa shape index (κ2) is 3.44. The van der Waals surface area contributed by atoms with Crippen molar-refractivity contribution in [3.05, 3.63) is 0 Å². The molecule has 0 rings (SSSR count). The normalized spacial score (nSPS) is 9.67. The molecule has 0 fully saturated rings. The van der Waals surface area contributed by atoms with Crippen LogP contribution < -0.4 is 5.14 Å². The first-order valence-corrected chi connectivity index (χ1v) is 2.25. The zero-order chi connectivity index (χ0) is 4.50. The molecule has 0 unspecified atom stereocenters. The fraction of sp³-hybridized carbons (Fsp3) is 0. The minimum absolute atomic E-state index is 0. The van der Waals surface area contributed by atoms with Gasteiger partial charge >= 0.3 is 59.2 Å². The Morgan fingerprint density at radius 3 is 1.67 bits per heavy atom. The molecule has 0 heterocycles. The van der Waals surface area contributed by atoms with Crippen molar-refractivity contribution in [1.82, 2.24) is 0 Å². The first-order chi connectivity index (χ1) is 2.00. The Morgan fingerprint density at radius 2 is 1.67 bits per heavy atom. The summed E-state index contributed by atoms with van der Waals surface area (Å²) in [6.45, 7) is 0. The van der Waals surface area contributed by atoms with E-state index in [1.54, 1.807) is 0 Å². The van der Waals surface area contributed by atoms with Crippen LogP contribution in [0.25, 0.3) is 0 Å². The van der Waals surface area contributed by atoms with Gasteiger partial charge < -0.3 is 2.85 Å². The van der Waals surface area contributed by atoms with E-state index in [4.69, 9.17) is 13.0 Å². The standard InChI is InChI=1S/Ba.H3NO3S.2H/c;1-5(2,3)4;;/h;(H3,1,2,3,4);;/q+2;;2*-1. The number of nitrogens with two attached hydrogens (primary N) is 1. The average Bonchev–Trinajstić information content (AvgIpc) is 0.722. The van der Waals surface area contributed by atoms with Crippen LogP contribution in [0.2, 0.25) is 0 Å². The van der Waals surface area contributed by atoms with Crippen molar-refractivity contribution in [1.29, 1.82) is 0 Å². The van der Waals surface area contributed by atoms with Gasteiger partial charge in [-0.15, -0.1) is 0 Å². The van der Waals surface area contributed by atoms with Crippen molar-refractivity contribution in [3.63, 3.8) is 0 Å². The number of hydrogen-bond acceptors (Lipinski definition) is 2. The second-order valence-electron chi connectivity index (χ2n) is 0.515. The van der Waals surface area contributed by atoms with Gasteiger partial charge in [-0.05, 0) is 0 Å². The van der Waals surface area contributed by atoms with Gasteiger partial charge in [0.25, 0.3) is 0 Å². The van der Waals surface area contributed by atoms with Crippen LogP contribution in [0.15, 0.2) is 0 Å². The van der Waals surface area contributed by atoms with E-state index >= 15 is 0 Å². The molecular formula is H5BaNO3S. The summed E-state index contributed by atoms with van der Waals surface area (Å²) in [5, 5.41) is 3.88. The fourth-order valence-electron chi connectivity index (χ4n) is 0. The van der Waals surface area contributed by atoms with Crippen LogP contribution in [-0.4, -0.2) is 61.9 Å². The molecule has 0 aromatic heterocycles. The predicted octanol–water partition coefficient (Wildman–Crippen LogP) is -1.41. The monoisotopic (exact) mass is 237 g/mol. The molecule has 4 nitrogen and oxygen atoms in total. The van der Waals surface area contributed by atoms with E-state index in [2.05, 4.69) is 5.14 Å². The second-order valence-corrected chi connectivity index (χ2v) is 1.54. The summed E-state index contributed by atoms with van der Waals surface area (Å²) in [7, 11) is -4.17. The van der Waals surface area contributed by atoms with Crippen molar-refractivity contribution in [2.45, 2.75) is 0 Å². The summed E-state index contributed by atoms with van der Waals surface area (Å²) in [5.74, 6) is 0. The molecule has 6 heteroatoms. The summed E-state index contributed by atoms with van der Waals surface area (Å²) in [4.78, 5) is 0. The Hall–Kier alpha value is 1.44. The smallest absolute Gasteiger partial charge is 1.00 e. The van der Waals surface area contributed by atoms with E-state index in [9.17, 15) is 0 Å². The zero-order valence-electron chi connectivity index (χ0n) is 4.96. The molecule has 0 spiro atoms. The predicted molar refractivity (Wildman–Crippen MR) is 23.7 cm³/mol. The molecule has 0 aliphatic carbocycles. The molecule has 0 aliphatic rings. The van der Waals surface area contributed by atoms with Gasteiger partial charge in [-0.1, -0.05) is 0 Å². The zero-order valence-corrected chi connectivity index (χ0v) is 8.21. The first-order valence-electron chi connectivity index (χ1n) is 0.752. The quantitative estimate of drug-likeness (QED) is 0.401. The van der Waals surface area contributed by atoms with Gasteiger partial charge in [0, 0.05) is 0 Å². The largest absolute Gasteiger partial charge is 2.00 e. The SMILES string of the molecule is NS(=O)(=O)O.[Ba+2].[H-].[H-]. The molecule has 3 N–H and O–H groups in total. The Kier molecular flexibility index (Phi) is 5.99. The van der Waals surface area contributed by atoms with Crippen molar-refractivity contribution in [3.8, 4) is 0 Å². The Labute approximate surface area is 79.0 Å². The van der Waals surface area contributed by atoms with E-state index in [1.807, 2.05) is 0 Å². The van der Waals surface area contributed by atoms with Crippen molar-refractivity contribution in [2.24, 2.45) is 5.14 Å². The average molecular weight is 236 g/mol. The molecule has 0 amide bonds. The molecular weight excluding hydrogens is 231 g/mol. The van der Waals surface area contributed by atoms with E-state index < -0.39 is 10.3 Å². The molecule has 0 saturated heterocycles. The Morgan fingerprint density at radius 1 is 1.67 bits per heavy atom. The fourth-order valence-corrected chi connectivity index (χ4v) is 0. The third-order valence-electron chi connectivity index (χ3n) is 0. The minimum Gasteiger partial charge on any atom is -1.00 e. The van der Waals surface area contributed by atoms with E-state index in [0.717, 1.165) is 0 Å². The third kappa shape index (κ3) is 51.7. The summed E-state index contributed by atoms with van der Waals surface area (Å²) < 4.78 is 25.2. The van der Waals surface area contributed by atoms with Crippen LogP contribution in [-0.2, 0) is 10.3 Å². The molecule has 0 radical (unpaired) electrons. The van der Waals surface area contributed by atoms with Crippen LogP contribution >= 0.6 is 0 Å². The molecule has 36 valence electrons. The molecule has 0 atom stereocenters. The maximum Gasteiger partial charge on any atom is 2.00 e. The van der Waals surface area contributed by atoms with Crippen molar-refractivity contribution < 1.29 is 15.8 Å². The minimum atomic E-state index is -4.17. The summed E-state index contributed by atoms with van der Waals surface area (Å²) in [6.07, 6.45) is 0. The van der Waals surface area contributed by atoms with Gasteiger partial charge in [0.15, 0.2) is 0 Å². The maximum atomic E-state index is 8.97. The molecule has 0 bridgehead atoms. The van der Waals surface area contributed by atoms with Crippen LogP contribution in [0.3, 0.4) is 0 Å². The topological polar surface area (TPSA) is 80.4 Å². The van der Waals surface area contributed by atoms with E-state index in [0.29, 0.717) is 0 Å². The van der Waals surface area contributed by atoms with Crippen LogP contribution in [0.4, 0.5) is 0 Å². The Balaban J connectivity index is -0.0000000267. The van der Waals surface area contributed by atoms with Crippen LogP contribution in [0, 0.1) is 0 Å². The third-order valence-corrected chi connectivity index (χ3v) is 0. The van der Waals surface area contributed by atoms with Crippen LogP contribution in [0.5, 0.6) is 0 Å². The summed E-state index contributed by atoms with van der Waals surface area (Å²) >= 11 is 0. The van der Waals surface area contributed by atoms with E-state index in [1.165, 1.54) is 0 Å². The maximum absolute atomic E-state index is 8.97. The van der Waals surface area contributed by atoms with Gasteiger partial charge in [-0.3, -0.25) is 4.55 Å². The number of hydrogen-bond donors (Lipinski definition) is 2. The van der Waals surface area contributed by atoms with E-state index in [-0.39, 0.29) is 51.7 Å². The van der Waals surface area contributed by atoms with Crippen LogP contribution in [0.1, 0.15) is 2.85 Å². The molecule has 0 aromatic rings. The molecule has 0 aliphatic heterocycles. The van der Waals surface area contributed by atoms with Gasteiger partial charge in [0.05, 0.1) is 0 Å². The van der Waals surface area contributed by atoms with Crippen molar-refractivity contribution in [2.75, 3.05) is 0 Å². The van der Waals surface area contributed by atoms with Gasteiger partial charge in [0.2, 0.25) is 0 Å². The van der Waals surface area contributed by atoms with Gasteiger partial charge in [-0.25, -0.2) is 5.14 Å². The van der Waals surface area contributed by atoms with Gasteiger partial charge in [-0.2, -0.15) is 8.42 Å². The van der Waals surface area contributed by atoms with Gasteiger partial charge in [0.1, 0.15) is 0 Å². The first kappa shape index (κ1) is 10.4.